The second kappa shape index (κ2) is 6.67. The molecule has 1 fully saturated rings. The number of rotatable bonds is 2. The number of anilines is 2. The molecule has 0 radical (unpaired) electrons. The fraction of sp³-hybridized carbons (Fsp3) is 0.200. The SMILES string of the molecule is N#Cc1c(N2CCS(=O)(=O)CC2)nc2c(-c3cnc4ccccc4c3)cnn2c1N. The molecular formula is C20H17N7O2S. The van der Waals surface area contributed by atoms with Gasteiger partial charge in [-0.1, -0.05) is 18.2 Å². The van der Waals surface area contributed by atoms with Crippen LogP contribution in [-0.4, -0.2) is 52.6 Å². The Bertz CT molecular complexity index is 1440. The van der Waals surface area contributed by atoms with Crippen molar-refractivity contribution >= 4 is 38.0 Å². The van der Waals surface area contributed by atoms with Gasteiger partial charge >= 0.3 is 0 Å². The quantitative estimate of drug-likeness (QED) is 0.519. The number of hydrogen-bond acceptors (Lipinski definition) is 8. The summed E-state index contributed by atoms with van der Waals surface area (Å²) in [5.74, 6) is 0.593. The maximum absolute atomic E-state index is 11.8. The second-order valence-corrected chi connectivity index (χ2v) is 9.46. The van der Waals surface area contributed by atoms with E-state index in [9.17, 15) is 13.7 Å². The summed E-state index contributed by atoms with van der Waals surface area (Å²) < 4.78 is 25.1. The van der Waals surface area contributed by atoms with Crippen LogP contribution in [0.2, 0.25) is 0 Å². The molecule has 10 heteroatoms. The van der Waals surface area contributed by atoms with Crippen molar-refractivity contribution in [3.05, 3.63) is 48.3 Å². The molecule has 4 aromatic rings. The van der Waals surface area contributed by atoms with Gasteiger partial charge in [-0.25, -0.2) is 13.4 Å². The first-order valence-electron chi connectivity index (χ1n) is 9.35. The predicted octanol–water partition coefficient (Wildman–Crippen LogP) is 1.63. The van der Waals surface area contributed by atoms with Crippen LogP contribution in [0.4, 0.5) is 11.6 Å². The van der Waals surface area contributed by atoms with Crippen LogP contribution in [0.5, 0.6) is 0 Å². The van der Waals surface area contributed by atoms with E-state index in [1.807, 2.05) is 30.3 Å². The molecule has 1 aliphatic heterocycles. The first-order chi connectivity index (χ1) is 14.5. The molecule has 0 atom stereocenters. The van der Waals surface area contributed by atoms with E-state index in [0.717, 1.165) is 22.0 Å². The highest BCUT2D eigenvalue weighted by Gasteiger charge is 2.27. The largest absolute Gasteiger partial charge is 0.382 e. The van der Waals surface area contributed by atoms with Crippen molar-refractivity contribution in [3.63, 3.8) is 0 Å². The summed E-state index contributed by atoms with van der Waals surface area (Å²) in [7, 11) is -3.07. The van der Waals surface area contributed by atoms with Crippen LogP contribution in [0.1, 0.15) is 5.56 Å². The molecule has 1 saturated heterocycles. The summed E-state index contributed by atoms with van der Waals surface area (Å²) in [6, 6.07) is 11.9. The predicted molar refractivity (Wildman–Crippen MR) is 114 cm³/mol. The number of para-hydroxylation sites is 1. The van der Waals surface area contributed by atoms with E-state index in [-0.39, 0.29) is 36.0 Å². The Morgan fingerprint density at radius 1 is 1.13 bits per heavy atom. The van der Waals surface area contributed by atoms with Crippen molar-refractivity contribution < 1.29 is 8.42 Å². The Balaban J connectivity index is 1.68. The fourth-order valence-electron chi connectivity index (χ4n) is 3.68. The van der Waals surface area contributed by atoms with Gasteiger partial charge in [-0.15, -0.1) is 0 Å². The van der Waals surface area contributed by atoms with Gasteiger partial charge in [0.1, 0.15) is 17.5 Å². The fourth-order valence-corrected chi connectivity index (χ4v) is 4.89. The second-order valence-electron chi connectivity index (χ2n) is 7.16. The molecule has 1 aromatic carbocycles. The van der Waals surface area contributed by atoms with E-state index in [1.54, 1.807) is 17.3 Å². The third-order valence-corrected chi connectivity index (χ3v) is 6.93. The molecule has 0 unspecified atom stereocenters. The van der Waals surface area contributed by atoms with E-state index in [0.29, 0.717) is 11.5 Å². The average Bonchev–Trinajstić information content (AvgIpc) is 3.18. The summed E-state index contributed by atoms with van der Waals surface area (Å²) in [6.45, 7) is 0.529. The van der Waals surface area contributed by atoms with Crippen LogP contribution in [0, 0.1) is 11.3 Å². The maximum atomic E-state index is 11.8. The molecule has 5 rings (SSSR count). The average molecular weight is 419 g/mol. The number of hydrogen-bond donors (Lipinski definition) is 1. The highest BCUT2D eigenvalue weighted by Crippen LogP contribution is 2.31. The molecule has 0 spiro atoms. The number of aromatic nitrogens is 4. The zero-order chi connectivity index (χ0) is 20.9. The molecule has 30 heavy (non-hydrogen) atoms. The van der Waals surface area contributed by atoms with Gasteiger partial charge in [-0.2, -0.15) is 14.9 Å². The smallest absolute Gasteiger partial charge is 0.167 e. The minimum atomic E-state index is -3.07. The summed E-state index contributed by atoms with van der Waals surface area (Å²) in [6.07, 6.45) is 3.40. The number of nitrogen functional groups attached to an aromatic ring is 1. The molecule has 1 aliphatic rings. The summed E-state index contributed by atoms with van der Waals surface area (Å²) in [4.78, 5) is 11.0. The van der Waals surface area contributed by atoms with Crippen LogP contribution < -0.4 is 10.6 Å². The Morgan fingerprint density at radius 3 is 2.67 bits per heavy atom. The van der Waals surface area contributed by atoms with E-state index in [1.165, 1.54) is 4.52 Å². The van der Waals surface area contributed by atoms with Gasteiger partial charge in [0.2, 0.25) is 0 Å². The molecule has 3 aromatic heterocycles. The lowest BCUT2D eigenvalue weighted by molar-refractivity contribution is 0.586. The van der Waals surface area contributed by atoms with E-state index >= 15 is 0 Å². The van der Waals surface area contributed by atoms with Crippen molar-refractivity contribution in [1.29, 1.82) is 5.26 Å². The molecule has 0 aliphatic carbocycles. The van der Waals surface area contributed by atoms with Gasteiger partial charge in [0.15, 0.2) is 21.3 Å². The minimum Gasteiger partial charge on any atom is -0.382 e. The van der Waals surface area contributed by atoms with Gasteiger partial charge in [0.25, 0.3) is 0 Å². The molecule has 0 amide bonds. The van der Waals surface area contributed by atoms with Gasteiger partial charge in [0.05, 0.1) is 23.2 Å². The number of benzene rings is 1. The molecule has 4 heterocycles. The van der Waals surface area contributed by atoms with Crippen molar-refractivity contribution in [1.82, 2.24) is 19.6 Å². The monoisotopic (exact) mass is 419 g/mol. The summed E-state index contributed by atoms with van der Waals surface area (Å²) in [5, 5.41) is 15.0. The molecule has 0 saturated carbocycles. The summed E-state index contributed by atoms with van der Waals surface area (Å²) >= 11 is 0. The van der Waals surface area contributed by atoms with Gasteiger partial charge in [-0.3, -0.25) is 4.98 Å². The maximum Gasteiger partial charge on any atom is 0.167 e. The third-order valence-electron chi connectivity index (χ3n) is 5.32. The van der Waals surface area contributed by atoms with E-state index in [2.05, 4.69) is 16.2 Å². The Labute approximate surface area is 172 Å². The van der Waals surface area contributed by atoms with Crippen LogP contribution >= 0.6 is 0 Å². The molecular weight excluding hydrogens is 402 g/mol. The lowest BCUT2D eigenvalue weighted by Crippen LogP contribution is -2.41. The number of fused-ring (bicyclic) bond motifs is 2. The molecule has 150 valence electrons. The molecule has 9 nitrogen and oxygen atoms in total. The zero-order valence-corrected chi connectivity index (χ0v) is 16.7. The van der Waals surface area contributed by atoms with Crippen LogP contribution in [0.3, 0.4) is 0 Å². The van der Waals surface area contributed by atoms with E-state index < -0.39 is 9.84 Å². The summed E-state index contributed by atoms with van der Waals surface area (Å²) in [5.41, 5.74) is 9.37. The number of nitrogens with zero attached hydrogens (tertiary/aromatic N) is 6. The highest BCUT2D eigenvalue weighted by molar-refractivity contribution is 7.91. The van der Waals surface area contributed by atoms with Crippen molar-refractivity contribution in [2.75, 3.05) is 35.2 Å². The Kier molecular flexibility index (Phi) is 4.08. The zero-order valence-electron chi connectivity index (χ0n) is 15.9. The van der Waals surface area contributed by atoms with Crippen LogP contribution in [-0.2, 0) is 9.84 Å². The topological polar surface area (TPSA) is 130 Å². The minimum absolute atomic E-state index is 0.0192. The lowest BCUT2D eigenvalue weighted by Gasteiger charge is -2.28. The molecule has 0 bridgehead atoms. The van der Waals surface area contributed by atoms with Crippen molar-refractivity contribution in [2.24, 2.45) is 0 Å². The van der Waals surface area contributed by atoms with Crippen LogP contribution in [0.15, 0.2) is 42.7 Å². The normalized spacial score (nSPS) is 16.0. The highest BCUT2D eigenvalue weighted by atomic mass is 32.2. The van der Waals surface area contributed by atoms with Crippen molar-refractivity contribution in [3.8, 4) is 17.2 Å². The number of nitrogens with two attached hydrogens (primary N) is 1. The first-order valence-corrected chi connectivity index (χ1v) is 11.2. The lowest BCUT2D eigenvalue weighted by atomic mass is 10.1. The number of nitriles is 1. The van der Waals surface area contributed by atoms with Gasteiger partial charge < -0.3 is 10.6 Å². The van der Waals surface area contributed by atoms with Crippen LogP contribution in [0.25, 0.3) is 27.7 Å². The Morgan fingerprint density at radius 2 is 1.90 bits per heavy atom. The van der Waals surface area contributed by atoms with Gasteiger partial charge in [0, 0.05) is 35.8 Å². The number of sulfone groups is 1. The standard InChI is InChI=1S/C20H17N7O2S/c21-10-15-18(22)27-20(25-19(15)26-5-7-30(28,29)8-6-26)16(12-24-27)14-9-13-3-1-2-4-17(13)23-11-14/h1-4,9,11-12H,5-8,22H2. The van der Waals surface area contributed by atoms with E-state index in [4.69, 9.17) is 10.7 Å². The number of pyridine rings is 1. The molecule has 2 N–H and O–H groups in total. The van der Waals surface area contributed by atoms with Crippen molar-refractivity contribution in [2.45, 2.75) is 0 Å². The first kappa shape index (κ1) is 18.3. The van der Waals surface area contributed by atoms with Gasteiger partial charge in [-0.05, 0) is 12.1 Å². The third kappa shape index (κ3) is 2.91. The Hall–Kier alpha value is -3.71.